The quantitative estimate of drug-likeness (QED) is 0.448. The molecular formula is C26H36BNO4Si. The second kappa shape index (κ2) is 11.7. The fraction of sp³-hybridized carbons (Fsp3) is 0.462. The minimum atomic E-state index is -2.28. The first-order chi connectivity index (χ1) is 15.4. The molecule has 2 N–H and O–H groups in total. The number of carbonyl (C=O) groups is 2. The lowest BCUT2D eigenvalue weighted by Crippen LogP contribution is -2.53. The minimum Gasteiger partial charge on any atom is -0.481 e. The van der Waals surface area contributed by atoms with Crippen LogP contribution in [0, 0.1) is 5.92 Å². The highest BCUT2D eigenvalue weighted by Gasteiger charge is 2.42. The Labute approximate surface area is 200 Å². The molecule has 0 saturated heterocycles. The van der Waals surface area contributed by atoms with Crippen LogP contribution in [0.3, 0.4) is 0 Å². The maximum absolute atomic E-state index is 12.2. The van der Waals surface area contributed by atoms with E-state index in [0.29, 0.717) is 12.8 Å². The molecule has 1 amide bonds. The Hall–Kier alpha value is -2.38. The normalized spacial score (nSPS) is 14.8. The molecule has 0 bridgehead atoms. The summed E-state index contributed by atoms with van der Waals surface area (Å²) in [6, 6.07) is 18.9. The lowest BCUT2D eigenvalue weighted by atomic mass is 9.89. The number of hydrogen-bond acceptors (Lipinski definition) is 3. The maximum Gasteiger partial charge on any atom is 0.306 e. The van der Waals surface area contributed by atoms with Gasteiger partial charge in [0.15, 0.2) is 14.1 Å². The molecule has 2 aromatic carbocycles. The van der Waals surface area contributed by atoms with E-state index in [4.69, 9.17) is 12.3 Å². The highest BCUT2D eigenvalue weighted by atomic mass is 28.4. The first-order valence-electron chi connectivity index (χ1n) is 11.4. The van der Waals surface area contributed by atoms with Gasteiger partial charge in [-0.1, -0.05) is 81.4 Å². The average molecular weight is 465 g/mol. The van der Waals surface area contributed by atoms with E-state index in [1.54, 1.807) is 0 Å². The third-order valence-electron chi connectivity index (χ3n) is 6.52. The number of carboxylic acids is 1. The molecule has 0 aliphatic rings. The smallest absolute Gasteiger partial charge is 0.306 e. The summed E-state index contributed by atoms with van der Waals surface area (Å²) in [6.07, 6.45) is 0.667. The van der Waals surface area contributed by atoms with Gasteiger partial charge >= 0.3 is 5.97 Å². The number of rotatable bonds is 11. The van der Waals surface area contributed by atoms with E-state index >= 15 is 0 Å². The predicted octanol–water partition coefficient (Wildman–Crippen LogP) is 5.20. The Kier molecular flexibility index (Phi) is 9.49. The van der Waals surface area contributed by atoms with Crippen molar-refractivity contribution in [2.75, 3.05) is 0 Å². The van der Waals surface area contributed by atoms with E-state index in [1.165, 1.54) is 0 Å². The van der Waals surface area contributed by atoms with Crippen LogP contribution in [0.1, 0.15) is 38.3 Å². The molecule has 0 aromatic heterocycles. The second-order valence-corrected chi connectivity index (χ2v) is 14.9. The summed E-state index contributed by atoms with van der Waals surface area (Å²) in [6.45, 7) is 10.7. The van der Waals surface area contributed by atoms with Gasteiger partial charge in [-0.2, -0.15) is 0 Å². The van der Waals surface area contributed by atoms with Crippen LogP contribution in [-0.2, 0) is 22.1 Å². The van der Waals surface area contributed by atoms with Crippen LogP contribution >= 0.6 is 0 Å². The summed E-state index contributed by atoms with van der Waals surface area (Å²) in [5.41, 5.74) is 1.98. The molecular weight excluding hydrogens is 429 g/mol. The van der Waals surface area contributed by atoms with Gasteiger partial charge in [-0.25, -0.2) is 0 Å². The summed E-state index contributed by atoms with van der Waals surface area (Å²) in [5, 5.41) is 12.8. The van der Waals surface area contributed by atoms with Crippen molar-refractivity contribution in [1.82, 2.24) is 5.32 Å². The average Bonchev–Trinajstić information content (AvgIpc) is 2.72. The van der Waals surface area contributed by atoms with Crippen molar-refractivity contribution in [3.05, 3.63) is 71.8 Å². The van der Waals surface area contributed by atoms with Gasteiger partial charge < -0.3 is 14.8 Å². The number of nitrogens with one attached hydrogen (secondary N) is 1. The molecule has 0 aliphatic heterocycles. The van der Waals surface area contributed by atoms with Gasteiger partial charge in [-0.3, -0.25) is 9.59 Å². The molecule has 2 rings (SSSR count). The Morgan fingerprint density at radius 1 is 0.970 bits per heavy atom. The van der Waals surface area contributed by atoms with Crippen molar-refractivity contribution < 1.29 is 19.1 Å². The molecule has 5 nitrogen and oxygen atoms in total. The monoisotopic (exact) mass is 465 g/mol. The molecule has 2 radical (unpaired) electrons. The van der Waals surface area contributed by atoms with Crippen molar-refractivity contribution >= 4 is 27.9 Å². The SMILES string of the molecule is [B]C(=O)NC(Cc1ccccc1)C(CC(Cc1ccccc1)C(=O)O)O[Si](C)(C)C(C)(C)C. The van der Waals surface area contributed by atoms with Crippen LogP contribution in [0.2, 0.25) is 18.1 Å². The van der Waals surface area contributed by atoms with Crippen molar-refractivity contribution in [3.8, 4) is 0 Å². The topological polar surface area (TPSA) is 75.6 Å². The van der Waals surface area contributed by atoms with E-state index in [2.05, 4.69) is 39.2 Å². The molecule has 2 aromatic rings. The van der Waals surface area contributed by atoms with Crippen LogP contribution in [0.15, 0.2) is 60.7 Å². The predicted molar refractivity (Wildman–Crippen MR) is 136 cm³/mol. The summed E-state index contributed by atoms with van der Waals surface area (Å²) in [7, 11) is 3.26. The maximum atomic E-state index is 12.2. The van der Waals surface area contributed by atoms with Gasteiger partial charge in [-0.05, 0) is 48.5 Å². The molecule has 0 aliphatic carbocycles. The Bertz CT molecular complexity index is 900. The summed E-state index contributed by atoms with van der Waals surface area (Å²) < 4.78 is 6.76. The van der Waals surface area contributed by atoms with Crippen molar-refractivity contribution in [2.24, 2.45) is 5.92 Å². The summed E-state index contributed by atoms with van der Waals surface area (Å²) in [5.74, 6) is -2.18. The van der Waals surface area contributed by atoms with Gasteiger partial charge in [0, 0.05) is 0 Å². The van der Waals surface area contributed by atoms with Crippen LogP contribution in [0.4, 0.5) is 4.79 Å². The Balaban J connectivity index is 2.39. The van der Waals surface area contributed by atoms with Crippen molar-refractivity contribution in [3.63, 3.8) is 0 Å². The van der Waals surface area contributed by atoms with Crippen LogP contribution in [-0.4, -0.2) is 45.2 Å². The van der Waals surface area contributed by atoms with Crippen LogP contribution in [0.5, 0.6) is 0 Å². The Morgan fingerprint density at radius 2 is 1.45 bits per heavy atom. The standard InChI is InChI=1S/C26H36BNO4Si/c1-26(2,3)33(4,5)32-23(18-21(24(29)30)16-19-12-8-6-9-13-19)22(28-25(27)31)17-20-14-10-7-11-15-20/h6-15,21-23H,16-18H2,1-5H3,(H,28,31)(H,29,30). The minimum absolute atomic E-state index is 0.0760. The highest BCUT2D eigenvalue weighted by Crippen LogP contribution is 2.38. The van der Waals surface area contributed by atoms with E-state index in [1.807, 2.05) is 60.7 Å². The van der Waals surface area contributed by atoms with E-state index in [0.717, 1.165) is 11.1 Å². The number of hydrogen-bond donors (Lipinski definition) is 2. The van der Waals surface area contributed by atoms with Crippen LogP contribution < -0.4 is 5.32 Å². The first kappa shape index (κ1) is 26.9. The molecule has 0 fully saturated rings. The number of carboxylic acid groups (broad SMARTS) is 1. The summed E-state index contributed by atoms with van der Waals surface area (Å²) in [4.78, 5) is 24.2. The molecule has 0 heterocycles. The summed E-state index contributed by atoms with van der Waals surface area (Å²) >= 11 is 0. The lowest BCUT2D eigenvalue weighted by Gasteiger charge is -2.42. The van der Waals surface area contributed by atoms with Crippen LogP contribution in [0.25, 0.3) is 0 Å². The number of aliphatic carboxylic acids is 1. The molecule has 176 valence electrons. The lowest BCUT2D eigenvalue weighted by molar-refractivity contribution is -0.142. The molecule has 3 unspecified atom stereocenters. The zero-order valence-electron chi connectivity index (χ0n) is 20.4. The largest absolute Gasteiger partial charge is 0.481 e. The molecule has 33 heavy (non-hydrogen) atoms. The molecule has 0 saturated carbocycles. The fourth-order valence-electron chi connectivity index (χ4n) is 3.63. The van der Waals surface area contributed by atoms with E-state index < -0.39 is 38.2 Å². The second-order valence-electron chi connectivity index (χ2n) is 10.2. The number of carbonyl (C=O) groups excluding carboxylic acids is 1. The molecule has 7 heteroatoms. The zero-order chi connectivity index (χ0) is 24.6. The number of amides is 1. The first-order valence-corrected chi connectivity index (χ1v) is 14.3. The molecule has 3 atom stereocenters. The fourth-order valence-corrected chi connectivity index (χ4v) is 5.00. The van der Waals surface area contributed by atoms with Gasteiger partial charge in [0.2, 0.25) is 7.85 Å². The van der Waals surface area contributed by atoms with Gasteiger partial charge in [0.25, 0.3) is 0 Å². The third kappa shape index (κ3) is 8.48. The highest BCUT2D eigenvalue weighted by molar-refractivity contribution is 6.74. The van der Waals surface area contributed by atoms with Crippen molar-refractivity contribution in [1.29, 1.82) is 0 Å². The van der Waals surface area contributed by atoms with Gasteiger partial charge in [0.05, 0.1) is 18.1 Å². The zero-order valence-corrected chi connectivity index (χ0v) is 21.4. The number of benzene rings is 2. The van der Waals surface area contributed by atoms with E-state index in [9.17, 15) is 14.7 Å². The molecule has 0 spiro atoms. The third-order valence-corrected chi connectivity index (χ3v) is 11.0. The van der Waals surface area contributed by atoms with Gasteiger partial charge in [-0.15, -0.1) is 0 Å². The van der Waals surface area contributed by atoms with Gasteiger partial charge in [0.1, 0.15) is 0 Å². The Morgan fingerprint density at radius 3 is 1.88 bits per heavy atom. The van der Waals surface area contributed by atoms with Crippen molar-refractivity contribution in [2.45, 2.75) is 70.3 Å². The van der Waals surface area contributed by atoms with E-state index in [-0.39, 0.29) is 11.5 Å².